The first kappa shape index (κ1) is 8.64. The molecule has 68 valence electrons. The Morgan fingerprint density at radius 1 is 1.36 bits per heavy atom. The van der Waals surface area contributed by atoms with Gasteiger partial charge in [-0.15, -0.1) is 0 Å². The Morgan fingerprint density at radius 2 is 2.21 bits per heavy atom. The van der Waals surface area contributed by atoms with Crippen LogP contribution in [0.2, 0.25) is 0 Å². The van der Waals surface area contributed by atoms with Gasteiger partial charge in [-0.2, -0.15) is 5.26 Å². The molecule has 14 heavy (non-hydrogen) atoms. The highest BCUT2D eigenvalue weighted by atomic mass is 14.8. The number of nitriles is 1. The highest BCUT2D eigenvalue weighted by Crippen LogP contribution is 2.15. The van der Waals surface area contributed by atoms with Gasteiger partial charge in [-0.1, -0.05) is 6.07 Å². The highest BCUT2D eigenvalue weighted by molar-refractivity contribution is 5.81. The Bertz CT molecular complexity index is 511. The lowest BCUT2D eigenvalue weighted by molar-refractivity contribution is 1.15. The quantitative estimate of drug-likeness (QED) is 0.679. The van der Waals surface area contributed by atoms with Crippen molar-refractivity contribution in [3.63, 3.8) is 0 Å². The Morgan fingerprint density at radius 3 is 3.00 bits per heavy atom. The molecule has 0 aliphatic heterocycles. The van der Waals surface area contributed by atoms with Crippen LogP contribution in [0.15, 0.2) is 24.5 Å². The molecule has 0 fully saturated rings. The first-order valence-electron chi connectivity index (χ1n) is 4.38. The van der Waals surface area contributed by atoms with Crippen molar-refractivity contribution >= 4 is 10.9 Å². The molecule has 1 aromatic heterocycles. The number of rotatable bonds is 1. The summed E-state index contributed by atoms with van der Waals surface area (Å²) in [4.78, 5) is 8.26. The summed E-state index contributed by atoms with van der Waals surface area (Å²) in [5.74, 6) is 0. The van der Waals surface area contributed by atoms with Crippen molar-refractivity contribution in [3.8, 4) is 6.07 Å². The lowest BCUT2D eigenvalue weighted by Gasteiger charge is -2.01. The molecule has 0 aliphatic rings. The van der Waals surface area contributed by atoms with Gasteiger partial charge < -0.3 is 0 Å². The molecule has 2 aromatic rings. The van der Waals surface area contributed by atoms with Gasteiger partial charge in [-0.25, -0.2) is 9.97 Å². The summed E-state index contributed by atoms with van der Waals surface area (Å²) in [5, 5.41) is 9.61. The van der Waals surface area contributed by atoms with Crippen LogP contribution in [0.1, 0.15) is 11.3 Å². The van der Waals surface area contributed by atoms with Crippen molar-refractivity contribution in [1.82, 2.24) is 9.97 Å². The number of fused-ring (bicyclic) bond motifs is 1. The summed E-state index contributed by atoms with van der Waals surface area (Å²) >= 11 is 0. The van der Waals surface area contributed by atoms with Crippen LogP contribution in [0, 0.1) is 18.3 Å². The second-order valence-corrected chi connectivity index (χ2v) is 3.15. The summed E-state index contributed by atoms with van der Waals surface area (Å²) < 4.78 is 0. The van der Waals surface area contributed by atoms with Gasteiger partial charge in [0.2, 0.25) is 0 Å². The Balaban J connectivity index is 2.65. The predicted octanol–water partition coefficient (Wildman–Crippen LogP) is 2.00. The van der Waals surface area contributed by atoms with Gasteiger partial charge in [0.15, 0.2) is 0 Å². The molecular weight excluding hydrogens is 174 g/mol. The van der Waals surface area contributed by atoms with E-state index in [1.165, 1.54) is 0 Å². The molecule has 0 bridgehead atoms. The van der Waals surface area contributed by atoms with Gasteiger partial charge in [0.25, 0.3) is 0 Å². The fraction of sp³-hybridized carbons (Fsp3) is 0.182. The number of aryl methyl sites for hydroxylation is 1. The van der Waals surface area contributed by atoms with Gasteiger partial charge in [-0.05, 0) is 24.6 Å². The van der Waals surface area contributed by atoms with Gasteiger partial charge in [0.05, 0.1) is 18.0 Å². The topological polar surface area (TPSA) is 49.6 Å². The second kappa shape index (κ2) is 3.43. The standard InChI is InChI=1S/C11H9N3/c1-8-10-6-9(4-5-12)2-3-11(10)14-7-13-8/h2-3,6-7H,4H2,1H3. The fourth-order valence-electron chi connectivity index (χ4n) is 1.43. The summed E-state index contributed by atoms with van der Waals surface area (Å²) in [6, 6.07) is 7.96. The van der Waals surface area contributed by atoms with Crippen LogP contribution >= 0.6 is 0 Å². The third-order valence-corrected chi connectivity index (χ3v) is 2.18. The van der Waals surface area contributed by atoms with E-state index in [2.05, 4.69) is 16.0 Å². The summed E-state index contributed by atoms with van der Waals surface area (Å²) in [6.45, 7) is 1.94. The molecule has 0 spiro atoms. The zero-order valence-corrected chi connectivity index (χ0v) is 7.86. The molecule has 0 unspecified atom stereocenters. The molecule has 1 aromatic carbocycles. The van der Waals surface area contributed by atoms with Crippen LogP contribution in [-0.2, 0) is 6.42 Å². The average molecular weight is 183 g/mol. The van der Waals surface area contributed by atoms with E-state index in [0.717, 1.165) is 22.2 Å². The Kier molecular flexibility index (Phi) is 2.11. The largest absolute Gasteiger partial charge is 0.241 e. The van der Waals surface area contributed by atoms with Gasteiger partial charge >= 0.3 is 0 Å². The number of aromatic nitrogens is 2. The molecule has 3 nitrogen and oxygen atoms in total. The van der Waals surface area contributed by atoms with Crippen LogP contribution in [0.4, 0.5) is 0 Å². The van der Waals surface area contributed by atoms with Crippen molar-refractivity contribution < 1.29 is 0 Å². The van der Waals surface area contributed by atoms with Crippen LogP contribution < -0.4 is 0 Å². The highest BCUT2D eigenvalue weighted by Gasteiger charge is 2.00. The molecule has 1 heterocycles. The van der Waals surface area contributed by atoms with Crippen LogP contribution in [-0.4, -0.2) is 9.97 Å². The van der Waals surface area contributed by atoms with Crippen molar-refractivity contribution in [3.05, 3.63) is 35.8 Å². The van der Waals surface area contributed by atoms with Gasteiger partial charge in [0, 0.05) is 11.1 Å². The molecule has 3 heteroatoms. The SMILES string of the molecule is Cc1ncnc2ccc(CC#N)cc12. The summed E-state index contributed by atoms with van der Waals surface area (Å²) in [5.41, 5.74) is 2.90. The van der Waals surface area contributed by atoms with Crippen molar-refractivity contribution in [1.29, 1.82) is 5.26 Å². The minimum absolute atomic E-state index is 0.435. The minimum Gasteiger partial charge on any atom is -0.241 e. The van der Waals surface area contributed by atoms with Crippen LogP contribution in [0.25, 0.3) is 10.9 Å². The Labute approximate surface area is 82.0 Å². The first-order valence-corrected chi connectivity index (χ1v) is 4.38. The maximum Gasteiger partial charge on any atom is 0.116 e. The van der Waals surface area contributed by atoms with Crippen LogP contribution in [0.5, 0.6) is 0 Å². The van der Waals surface area contributed by atoms with Crippen LogP contribution in [0.3, 0.4) is 0 Å². The number of hydrogen-bond donors (Lipinski definition) is 0. The van der Waals surface area contributed by atoms with Gasteiger partial charge in [-0.3, -0.25) is 0 Å². The van der Waals surface area contributed by atoms with E-state index in [0.29, 0.717) is 6.42 Å². The lowest BCUT2D eigenvalue weighted by Crippen LogP contribution is -1.89. The molecular formula is C11H9N3. The molecule has 0 aliphatic carbocycles. The lowest BCUT2D eigenvalue weighted by atomic mass is 10.1. The summed E-state index contributed by atoms with van der Waals surface area (Å²) in [6.07, 6.45) is 1.99. The monoisotopic (exact) mass is 183 g/mol. The van der Waals surface area contributed by atoms with Gasteiger partial charge in [0.1, 0.15) is 6.33 Å². The van der Waals surface area contributed by atoms with Crippen molar-refractivity contribution in [2.24, 2.45) is 0 Å². The minimum atomic E-state index is 0.435. The smallest absolute Gasteiger partial charge is 0.116 e. The molecule has 0 radical (unpaired) electrons. The zero-order valence-electron chi connectivity index (χ0n) is 7.86. The maximum atomic E-state index is 8.58. The zero-order chi connectivity index (χ0) is 9.97. The van der Waals surface area contributed by atoms with E-state index in [9.17, 15) is 0 Å². The molecule has 0 N–H and O–H groups in total. The third kappa shape index (κ3) is 1.42. The first-order chi connectivity index (χ1) is 6.81. The number of hydrogen-bond acceptors (Lipinski definition) is 3. The van der Waals surface area contributed by atoms with E-state index in [4.69, 9.17) is 5.26 Å². The second-order valence-electron chi connectivity index (χ2n) is 3.15. The molecule has 2 rings (SSSR count). The molecule has 0 amide bonds. The molecule has 0 atom stereocenters. The van der Waals surface area contributed by atoms with Crippen molar-refractivity contribution in [2.45, 2.75) is 13.3 Å². The average Bonchev–Trinajstić information content (AvgIpc) is 2.20. The van der Waals surface area contributed by atoms with E-state index >= 15 is 0 Å². The molecule has 0 saturated carbocycles. The molecule has 0 saturated heterocycles. The summed E-state index contributed by atoms with van der Waals surface area (Å²) in [7, 11) is 0. The van der Waals surface area contributed by atoms with E-state index in [1.54, 1.807) is 6.33 Å². The fourth-order valence-corrected chi connectivity index (χ4v) is 1.43. The number of benzene rings is 1. The van der Waals surface area contributed by atoms with E-state index in [1.807, 2.05) is 25.1 Å². The third-order valence-electron chi connectivity index (χ3n) is 2.18. The normalized spacial score (nSPS) is 10.0. The maximum absolute atomic E-state index is 8.58. The number of nitrogens with zero attached hydrogens (tertiary/aromatic N) is 3. The van der Waals surface area contributed by atoms with E-state index in [-0.39, 0.29) is 0 Å². The van der Waals surface area contributed by atoms with E-state index < -0.39 is 0 Å². The predicted molar refractivity (Wildman–Crippen MR) is 53.6 cm³/mol. The Hall–Kier alpha value is -1.95. The van der Waals surface area contributed by atoms with Crippen molar-refractivity contribution in [2.75, 3.05) is 0 Å².